The molecule has 0 aromatic heterocycles. The van der Waals surface area contributed by atoms with Crippen LogP contribution < -0.4 is 9.47 Å². The van der Waals surface area contributed by atoms with Crippen molar-refractivity contribution in [3.63, 3.8) is 0 Å². The van der Waals surface area contributed by atoms with Gasteiger partial charge in [0.05, 0.1) is 31.6 Å². The molecule has 67 heavy (non-hydrogen) atoms. The van der Waals surface area contributed by atoms with Gasteiger partial charge in [-0.05, 0) is 98.3 Å². The van der Waals surface area contributed by atoms with Crippen molar-refractivity contribution in [2.24, 2.45) is 0 Å². The molecule has 0 saturated heterocycles. The van der Waals surface area contributed by atoms with E-state index in [1.54, 1.807) is 0 Å². The Labute approximate surface area is 375 Å². The van der Waals surface area contributed by atoms with Crippen LogP contribution in [0, 0.1) is 60.4 Å². The minimum atomic E-state index is -6.41. The first-order chi connectivity index (χ1) is 30.9. The first-order valence-corrected chi connectivity index (χ1v) is 25.4. The highest BCUT2D eigenvalue weighted by Gasteiger charge is 2.41. The molecule has 0 radical (unpaired) electrons. The Morgan fingerprint density at radius 3 is 1.34 bits per heavy atom. The van der Waals surface area contributed by atoms with Crippen LogP contribution in [-0.2, 0) is 59.7 Å². The zero-order chi connectivity index (χ0) is 49.9. The number of rotatable bonds is 14. The normalized spacial score (nSPS) is 12.6. The largest absolute Gasteiger partial charge is 0.457 e. The number of ether oxygens (including phenoxy) is 2. The summed E-state index contributed by atoms with van der Waals surface area (Å²) in [5.41, 5.74) is -1.63. The van der Waals surface area contributed by atoms with Gasteiger partial charge in [0.2, 0.25) is 46.9 Å². The second-order valence-electron chi connectivity index (χ2n) is 13.8. The van der Waals surface area contributed by atoms with E-state index in [9.17, 15) is 64.2 Å². The molecule has 0 fully saturated rings. The van der Waals surface area contributed by atoms with Crippen molar-refractivity contribution in [2.75, 3.05) is 7.11 Å². The molecule has 0 aliphatic rings. The van der Waals surface area contributed by atoms with Gasteiger partial charge in [-0.1, -0.05) is 6.07 Å². The maximum absolute atomic E-state index is 15.1. The van der Waals surface area contributed by atoms with Crippen LogP contribution in [-0.4, -0.2) is 53.8 Å². The van der Waals surface area contributed by atoms with Crippen LogP contribution in [0.1, 0.15) is 16.7 Å². The van der Waals surface area contributed by atoms with Crippen molar-refractivity contribution in [1.29, 1.82) is 0 Å². The lowest BCUT2D eigenvalue weighted by Gasteiger charge is -2.15. The molecule has 0 saturated carbocycles. The fraction of sp³-hybridized carbons (Fsp3) is 0.100. The summed E-state index contributed by atoms with van der Waals surface area (Å²) in [6, 6.07) is 13.1. The van der Waals surface area contributed by atoms with E-state index in [0.29, 0.717) is 6.92 Å². The molecule has 356 valence electrons. The molecule has 0 atom stereocenters. The average Bonchev–Trinajstić information content (AvgIpc) is 3.26. The van der Waals surface area contributed by atoms with Crippen LogP contribution in [0.3, 0.4) is 0 Å². The third-order valence-electron chi connectivity index (χ3n) is 9.52. The van der Waals surface area contributed by atoms with Crippen LogP contribution >= 0.6 is 0 Å². The molecular weight excluding hydrogens is 1020 g/mol. The fourth-order valence-electron chi connectivity index (χ4n) is 6.11. The molecule has 6 rings (SSSR count). The second kappa shape index (κ2) is 17.9. The minimum absolute atomic E-state index is 0.149. The Kier molecular flexibility index (Phi) is 13.5. The number of halogens is 8. The zero-order valence-electron chi connectivity index (χ0n) is 33.6. The molecule has 0 aliphatic heterocycles. The highest BCUT2D eigenvalue weighted by Crippen LogP contribution is 2.40. The Bertz CT molecular complexity index is 3550. The Balaban J connectivity index is 1.25. The molecule has 0 heterocycles. The zero-order valence-corrected chi connectivity index (χ0v) is 37.7. The summed E-state index contributed by atoms with van der Waals surface area (Å²) in [4.78, 5) is -7.78. The van der Waals surface area contributed by atoms with Gasteiger partial charge in [0.15, 0.2) is 34.9 Å². The number of hydrogen-bond acceptors (Lipinski definition) is 13. The minimum Gasteiger partial charge on any atom is -0.457 e. The van der Waals surface area contributed by atoms with Crippen molar-refractivity contribution in [3.8, 4) is 23.0 Å². The summed E-state index contributed by atoms with van der Waals surface area (Å²) in [5, 5.41) is 0. The van der Waals surface area contributed by atoms with E-state index in [1.165, 1.54) is 13.0 Å². The van der Waals surface area contributed by atoms with E-state index in [0.717, 1.165) is 86.0 Å². The van der Waals surface area contributed by atoms with Crippen molar-refractivity contribution in [1.82, 2.24) is 0 Å². The van der Waals surface area contributed by atoms with Gasteiger partial charge in [-0.2, -0.15) is 25.6 Å². The van der Waals surface area contributed by atoms with E-state index in [-0.39, 0.29) is 17.1 Å². The SMILES string of the molecule is COS(=O)(=O)c1cc(S(=O)(=O)c2ccc(Oc3ccc(S(=O)(=O)c4ccc(Oc5c(F)c(F)c(S(=O)(=O)c6c(F)c(F)c(C)c(F)c6F)c(F)c5F)cc4)cc3)c(CS(=O)(=O)O)c2)ccc1C. The lowest BCUT2D eigenvalue weighted by molar-refractivity contribution is 0.350. The predicted molar refractivity (Wildman–Crippen MR) is 214 cm³/mol. The Morgan fingerprint density at radius 1 is 0.478 bits per heavy atom. The van der Waals surface area contributed by atoms with Crippen molar-refractivity contribution in [3.05, 3.63) is 148 Å². The third kappa shape index (κ3) is 9.48. The molecule has 14 nitrogen and oxygen atoms in total. The van der Waals surface area contributed by atoms with Gasteiger partial charge in [-0.15, -0.1) is 0 Å². The van der Waals surface area contributed by atoms with Gasteiger partial charge in [-0.3, -0.25) is 8.74 Å². The molecule has 27 heteroatoms. The van der Waals surface area contributed by atoms with Crippen molar-refractivity contribution >= 4 is 49.7 Å². The van der Waals surface area contributed by atoms with Gasteiger partial charge in [-0.25, -0.2) is 51.6 Å². The second-order valence-corrected chi connectivity index (χ2v) is 22.7. The molecule has 6 aromatic rings. The van der Waals surface area contributed by atoms with E-state index in [2.05, 4.69) is 4.18 Å². The third-order valence-corrected chi connectivity index (χ3v) is 16.9. The van der Waals surface area contributed by atoms with Crippen LogP contribution in [0.25, 0.3) is 0 Å². The smallest absolute Gasteiger partial charge is 0.297 e. The van der Waals surface area contributed by atoms with E-state index in [4.69, 9.17) is 9.47 Å². The summed E-state index contributed by atoms with van der Waals surface area (Å²) in [5.74, 6) is -25.1. The maximum Gasteiger partial charge on any atom is 0.297 e. The Morgan fingerprint density at radius 2 is 0.881 bits per heavy atom. The van der Waals surface area contributed by atoms with Crippen LogP contribution in [0.2, 0.25) is 0 Å². The van der Waals surface area contributed by atoms with Gasteiger partial charge in [0.25, 0.3) is 20.2 Å². The standard InChI is InChI=1S/C40H26F8O14S5/c1-19-4-9-27(17-29(19)67(58,59)60-3)65(54,55)26-14-15-28(21(16-26)18-63(49,50)51)61-22-5-10-24(11-6-22)64(52,53)25-12-7-23(8-13-25)62-38-32(43)36(47)40(37(48)33(38)44)66(56,57)39-34(45)30(41)20(2)31(42)35(39)46/h4-17H,18H2,1-3H3,(H,49,50,51). The van der Waals surface area contributed by atoms with Crippen LogP contribution in [0.4, 0.5) is 35.1 Å². The Hall–Kier alpha value is -5.97. The maximum atomic E-state index is 15.1. The first kappa shape index (κ1) is 50.4. The van der Waals surface area contributed by atoms with Crippen molar-refractivity contribution in [2.45, 2.75) is 53.9 Å². The van der Waals surface area contributed by atoms with Crippen LogP contribution in [0.15, 0.2) is 119 Å². The number of sulfone groups is 3. The number of benzene rings is 6. The lowest BCUT2D eigenvalue weighted by Crippen LogP contribution is -2.17. The van der Waals surface area contributed by atoms with E-state index < -0.39 is 159 Å². The van der Waals surface area contributed by atoms with Gasteiger partial charge >= 0.3 is 0 Å². The summed E-state index contributed by atoms with van der Waals surface area (Å²) in [6.45, 7) is 1.88. The number of hydrogen-bond donors (Lipinski definition) is 1. The van der Waals surface area contributed by atoms with E-state index >= 15 is 17.6 Å². The molecular formula is C40H26F8O14S5. The quantitative estimate of drug-likeness (QED) is 0.0471. The average molecular weight is 1040 g/mol. The molecule has 0 spiro atoms. The number of aryl methyl sites for hydroxylation is 1. The topological polar surface area (TPSA) is 219 Å². The fourth-order valence-corrected chi connectivity index (χ4v) is 11.8. The van der Waals surface area contributed by atoms with Crippen molar-refractivity contribution < 1.29 is 95.4 Å². The van der Waals surface area contributed by atoms with Crippen LogP contribution in [0.5, 0.6) is 23.0 Å². The lowest BCUT2D eigenvalue weighted by atomic mass is 10.2. The highest BCUT2D eigenvalue weighted by atomic mass is 32.2. The monoisotopic (exact) mass is 1040 g/mol. The predicted octanol–water partition coefficient (Wildman–Crippen LogP) is 8.22. The summed E-state index contributed by atoms with van der Waals surface area (Å²) >= 11 is 0. The molecule has 6 aromatic carbocycles. The molecule has 0 unspecified atom stereocenters. The first-order valence-electron chi connectivity index (χ1n) is 17.9. The summed E-state index contributed by atoms with van der Waals surface area (Å²) in [6.07, 6.45) is 0. The van der Waals surface area contributed by atoms with E-state index in [1.807, 2.05) is 0 Å². The van der Waals surface area contributed by atoms with Gasteiger partial charge in [0.1, 0.15) is 32.8 Å². The summed E-state index contributed by atoms with van der Waals surface area (Å²) < 4.78 is 271. The molecule has 1 N–H and O–H groups in total. The molecule has 0 aliphatic carbocycles. The van der Waals surface area contributed by atoms with Gasteiger partial charge < -0.3 is 9.47 Å². The molecule has 0 amide bonds. The molecule has 0 bridgehead atoms. The van der Waals surface area contributed by atoms with Gasteiger partial charge in [0, 0.05) is 11.1 Å². The highest BCUT2D eigenvalue weighted by molar-refractivity contribution is 7.92. The summed E-state index contributed by atoms with van der Waals surface area (Å²) in [7, 11) is -23.8.